The summed E-state index contributed by atoms with van der Waals surface area (Å²) in [7, 11) is 0. The molecule has 0 radical (unpaired) electrons. The van der Waals surface area contributed by atoms with Gasteiger partial charge in [-0.05, 0) is 50.3 Å². The molecule has 1 rings (SSSR count). The van der Waals surface area contributed by atoms with Gasteiger partial charge in [0.15, 0.2) is 0 Å². The standard InChI is InChI=1S/C16H25F2N/c1-5-9-19-12(4)13(11(2)3)10-14-15(17)7-6-8-16(14)18/h6-8,11-13,19H,5,9-10H2,1-4H3. The zero-order valence-corrected chi connectivity index (χ0v) is 12.3. The van der Waals surface area contributed by atoms with Crippen LogP contribution in [-0.4, -0.2) is 12.6 Å². The molecule has 0 aliphatic heterocycles. The van der Waals surface area contributed by atoms with Crippen molar-refractivity contribution in [3.8, 4) is 0 Å². The minimum absolute atomic E-state index is 0.214. The molecule has 1 N–H and O–H groups in total. The Hall–Kier alpha value is -0.960. The van der Waals surface area contributed by atoms with Gasteiger partial charge in [0.05, 0.1) is 0 Å². The van der Waals surface area contributed by atoms with Crippen molar-refractivity contribution in [2.45, 2.75) is 46.6 Å². The van der Waals surface area contributed by atoms with E-state index in [-0.39, 0.29) is 17.5 Å². The second-order valence-corrected chi connectivity index (χ2v) is 5.56. The van der Waals surface area contributed by atoms with Gasteiger partial charge in [-0.3, -0.25) is 0 Å². The third-order valence-electron chi connectivity index (χ3n) is 3.72. The minimum atomic E-state index is -0.437. The second kappa shape index (κ2) is 7.59. The molecule has 108 valence electrons. The smallest absolute Gasteiger partial charge is 0.129 e. The van der Waals surface area contributed by atoms with Crippen LogP contribution < -0.4 is 5.32 Å². The van der Waals surface area contributed by atoms with Crippen LogP contribution in [0, 0.1) is 23.5 Å². The lowest BCUT2D eigenvalue weighted by Crippen LogP contribution is -2.38. The Labute approximate surface area is 115 Å². The first-order valence-corrected chi connectivity index (χ1v) is 7.13. The van der Waals surface area contributed by atoms with Crippen LogP contribution in [-0.2, 0) is 6.42 Å². The third-order valence-corrected chi connectivity index (χ3v) is 3.72. The van der Waals surface area contributed by atoms with Crippen molar-refractivity contribution in [1.29, 1.82) is 0 Å². The van der Waals surface area contributed by atoms with Crippen molar-refractivity contribution in [2.24, 2.45) is 11.8 Å². The SMILES string of the molecule is CCCNC(C)C(Cc1c(F)cccc1F)C(C)C. The zero-order chi connectivity index (χ0) is 14.4. The Bertz CT molecular complexity index is 370. The normalized spacial score (nSPS) is 14.7. The molecule has 1 nitrogen and oxygen atoms in total. The number of nitrogens with one attached hydrogen (secondary N) is 1. The highest BCUT2D eigenvalue weighted by molar-refractivity contribution is 5.20. The Morgan fingerprint density at radius 1 is 1.11 bits per heavy atom. The van der Waals surface area contributed by atoms with Crippen LogP contribution in [0.4, 0.5) is 8.78 Å². The van der Waals surface area contributed by atoms with Crippen LogP contribution in [0.1, 0.15) is 39.7 Å². The molecule has 0 aliphatic rings. The van der Waals surface area contributed by atoms with E-state index in [9.17, 15) is 8.78 Å². The molecule has 2 unspecified atom stereocenters. The Morgan fingerprint density at radius 2 is 1.68 bits per heavy atom. The van der Waals surface area contributed by atoms with Crippen LogP contribution in [0.5, 0.6) is 0 Å². The van der Waals surface area contributed by atoms with E-state index < -0.39 is 11.6 Å². The molecular weight excluding hydrogens is 244 g/mol. The molecule has 1 aromatic rings. The summed E-state index contributed by atoms with van der Waals surface area (Å²) in [6.07, 6.45) is 1.50. The highest BCUT2D eigenvalue weighted by Gasteiger charge is 2.23. The summed E-state index contributed by atoms with van der Waals surface area (Å²) in [6.45, 7) is 9.35. The predicted molar refractivity (Wildman–Crippen MR) is 76.1 cm³/mol. The highest BCUT2D eigenvalue weighted by Crippen LogP contribution is 2.24. The Morgan fingerprint density at radius 3 is 2.16 bits per heavy atom. The highest BCUT2D eigenvalue weighted by atomic mass is 19.1. The van der Waals surface area contributed by atoms with Gasteiger partial charge in [-0.2, -0.15) is 0 Å². The molecule has 0 aromatic heterocycles. The van der Waals surface area contributed by atoms with Gasteiger partial charge >= 0.3 is 0 Å². The van der Waals surface area contributed by atoms with Crippen molar-refractivity contribution in [3.05, 3.63) is 35.4 Å². The van der Waals surface area contributed by atoms with Crippen LogP contribution >= 0.6 is 0 Å². The third kappa shape index (κ3) is 4.57. The first-order valence-electron chi connectivity index (χ1n) is 7.13. The van der Waals surface area contributed by atoms with Crippen LogP contribution in [0.15, 0.2) is 18.2 Å². The van der Waals surface area contributed by atoms with Gasteiger partial charge < -0.3 is 5.32 Å². The van der Waals surface area contributed by atoms with Gasteiger partial charge in [-0.15, -0.1) is 0 Å². The lowest BCUT2D eigenvalue weighted by Gasteiger charge is -2.28. The van der Waals surface area contributed by atoms with Gasteiger partial charge in [0.2, 0.25) is 0 Å². The predicted octanol–water partition coefficient (Wildman–Crippen LogP) is 4.17. The minimum Gasteiger partial charge on any atom is -0.314 e. The number of rotatable bonds is 7. The number of benzene rings is 1. The van der Waals surface area contributed by atoms with E-state index in [2.05, 4.69) is 33.0 Å². The van der Waals surface area contributed by atoms with Crippen molar-refractivity contribution in [1.82, 2.24) is 5.32 Å². The molecule has 19 heavy (non-hydrogen) atoms. The quantitative estimate of drug-likeness (QED) is 0.783. The lowest BCUT2D eigenvalue weighted by molar-refractivity contribution is 0.283. The summed E-state index contributed by atoms with van der Waals surface area (Å²) in [5.74, 6) is -0.280. The molecule has 0 heterocycles. The maximum Gasteiger partial charge on any atom is 0.129 e. The van der Waals surface area contributed by atoms with E-state index >= 15 is 0 Å². The Kier molecular flexibility index (Phi) is 6.43. The zero-order valence-electron chi connectivity index (χ0n) is 12.3. The molecule has 0 saturated carbocycles. The number of hydrogen-bond acceptors (Lipinski definition) is 1. The van der Waals surface area contributed by atoms with E-state index in [0.29, 0.717) is 12.3 Å². The maximum absolute atomic E-state index is 13.7. The average molecular weight is 269 g/mol. The maximum atomic E-state index is 13.7. The van der Waals surface area contributed by atoms with Gasteiger partial charge in [0.25, 0.3) is 0 Å². The molecule has 0 fully saturated rings. The number of halogens is 2. The first-order chi connectivity index (χ1) is 8.97. The topological polar surface area (TPSA) is 12.0 Å². The van der Waals surface area contributed by atoms with Gasteiger partial charge in [-0.1, -0.05) is 26.8 Å². The van der Waals surface area contributed by atoms with Crippen molar-refractivity contribution >= 4 is 0 Å². The van der Waals surface area contributed by atoms with E-state index in [0.717, 1.165) is 13.0 Å². The summed E-state index contributed by atoms with van der Waals surface area (Å²) in [4.78, 5) is 0. The van der Waals surface area contributed by atoms with Gasteiger partial charge in [-0.25, -0.2) is 8.78 Å². The van der Waals surface area contributed by atoms with E-state index in [1.807, 2.05) is 0 Å². The summed E-state index contributed by atoms with van der Waals surface area (Å²) in [5, 5.41) is 3.43. The summed E-state index contributed by atoms with van der Waals surface area (Å²) < 4.78 is 27.5. The largest absolute Gasteiger partial charge is 0.314 e. The van der Waals surface area contributed by atoms with Crippen molar-refractivity contribution < 1.29 is 8.78 Å². The molecule has 1 aromatic carbocycles. The van der Waals surface area contributed by atoms with Crippen LogP contribution in [0.25, 0.3) is 0 Å². The molecule has 0 saturated heterocycles. The summed E-state index contributed by atoms with van der Waals surface area (Å²) in [5.41, 5.74) is 0.214. The second-order valence-electron chi connectivity index (χ2n) is 5.56. The molecule has 0 spiro atoms. The molecule has 3 heteroatoms. The number of hydrogen-bond donors (Lipinski definition) is 1. The Balaban J connectivity index is 2.84. The molecule has 0 amide bonds. The summed E-state index contributed by atoms with van der Waals surface area (Å²) in [6, 6.07) is 4.33. The van der Waals surface area contributed by atoms with E-state index in [4.69, 9.17) is 0 Å². The lowest BCUT2D eigenvalue weighted by atomic mass is 9.83. The van der Waals surface area contributed by atoms with E-state index in [1.54, 1.807) is 0 Å². The first kappa shape index (κ1) is 16.1. The summed E-state index contributed by atoms with van der Waals surface area (Å²) >= 11 is 0. The fraction of sp³-hybridized carbons (Fsp3) is 0.625. The fourth-order valence-corrected chi connectivity index (χ4v) is 2.48. The van der Waals surface area contributed by atoms with Gasteiger partial charge in [0.1, 0.15) is 11.6 Å². The molecule has 2 atom stereocenters. The van der Waals surface area contributed by atoms with E-state index in [1.165, 1.54) is 18.2 Å². The van der Waals surface area contributed by atoms with Gasteiger partial charge in [0, 0.05) is 11.6 Å². The average Bonchev–Trinajstić information content (AvgIpc) is 2.35. The molecular formula is C16H25F2N. The fourth-order valence-electron chi connectivity index (χ4n) is 2.48. The van der Waals surface area contributed by atoms with Crippen molar-refractivity contribution in [3.63, 3.8) is 0 Å². The van der Waals surface area contributed by atoms with Crippen molar-refractivity contribution in [2.75, 3.05) is 6.54 Å². The van der Waals surface area contributed by atoms with Crippen LogP contribution in [0.2, 0.25) is 0 Å². The monoisotopic (exact) mass is 269 g/mol. The molecule has 0 bridgehead atoms. The van der Waals surface area contributed by atoms with Crippen LogP contribution in [0.3, 0.4) is 0 Å². The molecule has 0 aliphatic carbocycles.